The van der Waals surface area contributed by atoms with Gasteiger partial charge in [-0.1, -0.05) is 45.8 Å². The fourth-order valence-corrected chi connectivity index (χ4v) is 6.08. The molecule has 0 bridgehead atoms. The summed E-state index contributed by atoms with van der Waals surface area (Å²) in [5.74, 6) is 2.33. The van der Waals surface area contributed by atoms with Crippen molar-refractivity contribution in [1.29, 1.82) is 0 Å². The molecule has 0 aliphatic heterocycles. The minimum atomic E-state index is -0.596. The molecule has 0 spiro atoms. The highest BCUT2D eigenvalue weighted by molar-refractivity contribution is 5.60. The molecule has 2 saturated carbocycles. The van der Waals surface area contributed by atoms with E-state index in [2.05, 4.69) is 19.9 Å². The molecule has 0 radical (unpaired) electrons. The number of halogens is 2. The summed E-state index contributed by atoms with van der Waals surface area (Å²) in [6.45, 7) is 6.46. The van der Waals surface area contributed by atoms with E-state index >= 15 is 0 Å². The summed E-state index contributed by atoms with van der Waals surface area (Å²) in [7, 11) is 0. The van der Waals surface area contributed by atoms with Crippen molar-refractivity contribution in [3.8, 4) is 0 Å². The van der Waals surface area contributed by atoms with Gasteiger partial charge in [-0.05, 0) is 97.6 Å². The van der Waals surface area contributed by atoms with Crippen LogP contribution >= 0.6 is 0 Å². The summed E-state index contributed by atoms with van der Waals surface area (Å²) in [5.41, 5.74) is 2.06. The second kappa shape index (κ2) is 8.28. The highest BCUT2D eigenvalue weighted by Crippen LogP contribution is 2.43. The molecule has 0 aromatic heterocycles. The van der Waals surface area contributed by atoms with Crippen LogP contribution in [-0.4, -0.2) is 0 Å². The standard InChI is InChI=1S/C26H36F2/c1-16-4-9-20(10-5-16)21-12-7-19(8-13-21)14-23-15-22-11-6-17(2)18(3)24(22)26(28)25(23)27/h6,11,15-21H,4-5,7-10,12-14H2,1-3H3. The fourth-order valence-electron chi connectivity index (χ4n) is 6.08. The van der Waals surface area contributed by atoms with Crippen LogP contribution in [0.1, 0.15) is 94.7 Å². The van der Waals surface area contributed by atoms with Gasteiger partial charge in [-0.3, -0.25) is 0 Å². The molecule has 0 nitrogen and oxygen atoms in total. The number of fused-ring (bicyclic) bond motifs is 1. The summed E-state index contributed by atoms with van der Waals surface area (Å²) in [5, 5.41) is 0. The minimum Gasteiger partial charge on any atom is -0.203 e. The van der Waals surface area contributed by atoms with Gasteiger partial charge in [0.05, 0.1) is 0 Å². The summed E-state index contributed by atoms with van der Waals surface area (Å²) >= 11 is 0. The van der Waals surface area contributed by atoms with Crippen LogP contribution in [0.15, 0.2) is 12.1 Å². The lowest BCUT2D eigenvalue weighted by Crippen LogP contribution is -2.26. The zero-order chi connectivity index (χ0) is 19.8. The van der Waals surface area contributed by atoms with Crippen LogP contribution < -0.4 is 0 Å². The highest BCUT2D eigenvalue weighted by atomic mass is 19.2. The van der Waals surface area contributed by atoms with Crippen molar-refractivity contribution >= 4 is 6.08 Å². The molecule has 1 aromatic rings. The molecule has 2 fully saturated rings. The quantitative estimate of drug-likeness (QED) is 0.495. The van der Waals surface area contributed by atoms with Crippen molar-refractivity contribution in [2.75, 3.05) is 0 Å². The zero-order valence-electron chi connectivity index (χ0n) is 17.8. The lowest BCUT2D eigenvalue weighted by atomic mass is 9.68. The van der Waals surface area contributed by atoms with Crippen LogP contribution in [0.3, 0.4) is 0 Å². The first kappa shape index (κ1) is 20.1. The summed E-state index contributed by atoms with van der Waals surface area (Å²) in [6, 6.07) is 1.93. The number of rotatable bonds is 3. The van der Waals surface area contributed by atoms with Crippen molar-refractivity contribution in [1.82, 2.24) is 0 Å². The van der Waals surface area contributed by atoms with Gasteiger partial charge >= 0.3 is 0 Å². The number of hydrogen-bond acceptors (Lipinski definition) is 0. The van der Waals surface area contributed by atoms with Crippen LogP contribution in [0.2, 0.25) is 0 Å². The lowest BCUT2D eigenvalue weighted by molar-refractivity contribution is 0.150. The Balaban J connectivity index is 1.41. The highest BCUT2D eigenvalue weighted by Gasteiger charge is 2.31. The Hall–Kier alpha value is -1.18. The molecule has 2 atom stereocenters. The molecule has 4 rings (SSSR count). The molecule has 0 saturated heterocycles. The van der Waals surface area contributed by atoms with Crippen molar-refractivity contribution in [3.05, 3.63) is 40.5 Å². The summed E-state index contributed by atoms with van der Waals surface area (Å²) < 4.78 is 29.7. The third-order valence-corrected chi connectivity index (χ3v) is 8.30. The third-order valence-electron chi connectivity index (χ3n) is 8.30. The van der Waals surface area contributed by atoms with E-state index in [1.54, 1.807) is 0 Å². The van der Waals surface area contributed by atoms with Crippen LogP contribution in [0, 0.1) is 41.2 Å². The second-order valence-electron chi connectivity index (χ2n) is 10.2. The Morgan fingerprint density at radius 2 is 1.43 bits per heavy atom. The van der Waals surface area contributed by atoms with Gasteiger partial charge in [0.2, 0.25) is 0 Å². The van der Waals surface area contributed by atoms with E-state index in [1.807, 2.05) is 19.1 Å². The summed E-state index contributed by atoms with van der Waals surface area (Å²) in [4.78, 5) is 0. The van der Waals surface area contributed by atoms with E-state index in [9.17, 15) is 8.78 Å². The smallest absolute Gasteiger partial charge is 0.163 e. The fraction of sp³-hybridized carbons (Fsp3) is 0.692. The molecule has 2 heteroatoms. The Morgan fingerprint density at radius 1 is 0.821 bits per heavy atom. The Morgan fingerprint density at radius 3 is 2.07 bits per heavy atom. The van der Waals surface area contributed by atoms with Gasteiger partial charge in [0.15, 0.2) is 11.6 Å². The molecule has 1 aromatic carbocycles. The monoisotopic (exact) mass is 386 g/mol. The van der Waals surface area contributed by atoms with Crippen LogP contribution in [0.5, 0.6) is 0 Å². The molecule has 28 heavy (non-hydrogen) atoms. The largest absolute Gasteiger partial charge is 0.203 e. The van der Waals surface area contributed by atoms with Crippen molar-refractivity contribution in [2.24, 2.45) is 29.6 Å². The molecule has 0 amide bonds. The van der Waals surface area contributed by atoms with E-state index in [-0.39, 0.29) is 11.8 Å². The maximum absolute atomic E-state index is 14.9. The average Bonchev–Trinajstić information content (AvgIpc) is 2.70. The van der Waals surface area contributed by atoms with Crippen LogP contribution in [0.4, 0.5) is 8.78 Å². The normalized spacial score (nSPS) is 35.6. The van der Waals surface area contributed by atoms with E-state index < -0.39 is 11.6 Å². The van der Waals surface area contributed by atoms with Gasteiger partial charge in [-0.15, -0.1) is 0 Å². The Kier molecular flexibility index (Phi) is 5.95. The first-order chi connectivity index (χ1) is 13.4. The third kappa shape index (κ3) is 3.94. The zero-order valence-corrected chi connectivity index (χ0v) is 17.8. The number of benzene rings is 1. The van der Waals surface area contributed by atoms with E-state index in [1.165, 1.54) is 51.4 Å². The maximum Gasteiger partial charge on any atom is 0.163 e. The predicted octanol–water partition coefficient (Wildman–Crippen LogP) is 7.91. The first-order valence-corrected chi connectivity index (χ1v) is 11.6. The SMILES string of the molecule is CC1CCC(C2CCC(Cc3cc4c(c(F)c3F)C(C)C(C)C=C4)CC2)CC1. The average molecular weight is 387 g/mol. The van der Waals surface area contributed by atoms with Gasteiger partial charge in [-0.25, -0.2) is 8.78 Å². The molecule has 154 valence electrons. The number of hydrogen-bond donors (Lipinski definition) is 0. The van der Waals surface area contributed by atoms with E-state index in [0.29, 0.717) is 23.5 Å². The molecule has 0 N–H and O–H groups in total. The molecule has 3 aliphatic carbocycles. The van der Waals surface area contributed by atoms with Crippen LogP contribution in [0.25, 0.3) is 6.08 Å². The van der Waals surface area contributed by atoms with Gasteiger partial charge in [0.25, 0.3) is 0 Å². The predicted molar refractivity (Wildman–Crippen MR) is 113 cm³/mol. The van der Waals surface area contributed by atoms with E-state index in [0.717, 1.165) is 23.3 Å². The maximum atomic E-state index is 14.9. The first-order valence-electron chi connectivity index (χ1n) is 11.6. The van der Waals surface area contributed by atoms with Gasteiger partial charge < -0.3 is 0 Å². The van der Waals surface area contributed by atoms with Crippen molar-refractivity contribution in [3.63, 3.8) is 0 Å². The second-order valence-corrected chi connectivity index (χ2v) is 10.2. The minimum absolute atomic E-state index is 0.0391. The van der Waals surface area contributed by atoms with Gasteiger partial charge in [0.1, 0.15) is 0 Å². The van der Waals surface area contributed by atoms with Crippen LogP contribution in [-0.2, 0) is 6.42 Å². The topological polar surface area (TPSA) is 0 Å². The molecule has 2 unspecified atom stereocenters. The molecule has 0 heterocycles. The Bertz CT molecular complexity index is 718. The van der Waals surface area contributed by atoms with Gasteiger partial charge in [-0.2, -0.15) is 0 Å². The Labute approximate surface area is 169 Å². The summed E-state index contributed by atoms with van der Waals surface area (Å²) in [6.07, 6.45) is 15.4. The van der Waals surface area contributed by atoms with Crippen molar-refractivity contribution in [2.45, 2.75) is 84.5 Å². The van der Waals surface area contributed by atoms with Gasteiger partial charge in [0, 0.05) is 5.56 Å². The van der Waals surface area contributed by atoms with Crippen molar-refractivity contribution < 1.29 is 8.78 Å². The molecular formula is C26H36F2. The van der Waals surface area contributed by atoms with E-state index in [4.69, 9.17) is 0 Å². The number of allylic oxidation sites excluding steroid dienone is 1. The molecular weight excluding hydrogens is 350 g/mol. The lowest BCUT2D eigenvalue weighted by Gasteiger charge is -2.37. The molecule has 3 aliphatic rings.